The van der Waals surface area contributed by atoms with Crippen LogP contribution in [-0.2, 0) is 23.9 Å². The van der Waals surface area contributed by atoms with Crippen LogP contribution >= 0.6 is 0 Å². The Morgan fingerprint density at radius 2 is 1.89 bits per heavy atom. The second kappa shape index (κ2) is 9.66. The van der Waals surface area contributed by atoms with Crippen molar-refractivity contribution in [1.82, 2.24) is 4.90 Å². The molecular formula is C20H25NO7. The summed E-state index contributed by atoms with van der Waals surface area (Å²) in [6.07, 6.45) is 0.273. The fraction of sp³-hybridized carbons (Fsp3) is 0.550. The molecule has 1 aromatic carbocycles. The highest BCUT2D eigenvalue weighted by atomic mass is 16.6. The summed E-state index contributed by atoms with van der Waals surface area (Å²) in [4.78, 5) is 39.2. The number of carbonyl (C=O) groups excluding carboxylic acids is 3. The van der Waals surface area contributed by atoms with E-state index in [4.69, 9.17) is 18.9 Å². The van der Waals surface area contributed by atoms with Gasteiger partial charge in [0.1, 0.15) is 6.61 Å². The number of para-hydroxylation sites is 2. The maximum absolute atomic E-state index is 12.5. The lowest BCUT2D eigenvalue weighted by Gasteiger charge is -2.26. The number of morpholine rings is 1. The highest BCUT2D eigenvalue weighted by Crippen LogP contribution is 2.27. The number of esters is 1. The molecule has 0 saturated carbocycles. The van der Waals surface area contributed by atoms with E-state index in [1.807, 2.05) is 0 Å². The molecule has 8 heteroatoms. The van der Waals surface area contributed by atoms with Crippen LogP contribution in [0.25, 0.3) is 0 Å². The standard InChI is InChI=1S/C20H25NO7/c1-25-15-5-2-3-6-16(15)27-13-14(22)18-19(23)17(28-20(18)24)7-4-8-21-9-11-26-12-10-21/h2-3,5-6,17-18H,4,7-13H2,1H3. The largest absolute Gasteiger partial charge is 0.493 e. The number of cyclic esters (lactones) is 1. The highest BCUT2D eigenvalue weighted by molar-refractivity contribution is 6.22. The Morgan fingerprint density at radius 1 is 1.18 bits per heavy atom. The molecule has 0 amide bonds. The molecule has 0 spiro atoms. The molecule has 2 saturated heterocycles. The Kier molecular flexibility index (Phi) is 7.00. The minimum atomic E-state index is -1.40. The summed E-state index contributed by atoms with van der Waals surface area (Å²) >= 11 is 0. The zero-order valence-corrected chi connectivity index (χ0v) is 15.9. The third-order valence-corrected chi connectivity index (χ3v) is 4.90. The predicted octanol–water partition coefficient (Wildman–Crippen LogP) is 0.866. The minimum absolute atomic E-state index is 0.374. The Labute approximate surface area is 163 Å². The molecule has 2 heterocycles. The van der Waals surface area contributed by atoms with E-state index < -0.39 is 36.2 Å². The fourth-order valence-corrected chi connectivity index (χ4v) is 3.35. The molecule has 152 valence electrons. The minimum Gasteiger partial charge on any atom is -0.493 e. The molecule has 1 aromatic rings. The van der Waals surface area contributed by atoms with Gasteiger partial charge in [0.25, 0.3) is 0 Å². The molecule has 8 nitrogen and oxygen atoms in total. The zero-order valence-electron chi connectivity index (χ0n) is 15.9. The Morgan fingerprint density at radius 3 is 2.61 bits per heavy atom. The number of benzene rings is 1. The SMILES string of the molecule is COc1ccccc1OCC(=O)C1C(=O)OC(CCCN2CCOCC2)C1=O. The number of carbonyl (C=O) groups is 3. The first kappa shape index (κ1) is 20.3. The lowest BCUT2D eigenvalue weighted by molar-refractivity contribution is -0.147. The molecule has 2 fully saturated rings. The number of ether oxygens (including phenoxy) is 4. The van der Waals surface area contributed by atoms with Crippen molar-refractivity contribution in [2.75, 3.05) is 46.6 Å². The third kappa shape index (κ3) is 4.88. The van der Waals surface area contributed by atoms with Crippen LogP contribution in [0.15, 0.2) is 24.3 Å². The van der Waals surface area contributed by atoms with Crippen LogP contribution < -0.4 is 9.47 Å². The number of ketones is 2. The van der Waals surface area contributed by atoms with Crippen molar-refractivity contribution in [1.29, 1.82) is 0 Å². The first-order chi connectivity index (χ1) is 13.6. The summed E-state index contributed by atoms with van der Waals surface area (Å²) in [6, 6.07) is 6.85. The summed E-state index contributed by atoms with van der Waals surface area (Å²) in [5, 5.41) is 0. The predicted molar refractivity (Wildman–Crippen MR) is 98.4 cm³/mol. The maximum atomic E-state index is 12.5. The third-order valence-electron chi connectivity index (χ3n) is 4.90. The number of rotatable bonds is 9. The highest BCUT2D eigenvalue weighted by Gasteiger charge is 2.47. The molecular weight excluding hydrogens is 366 g/mol. The smallest absolute Gasteiger partial charge is 0.325 e. The van der Waals surface area contributed by atoms with E-state index in [1.54, 1.807) is 24.3 Å². The second-order valence-corrected chi connectivity index (χ2v) is 6.76. The molecule has 0 aromatic heterocycles. The van der Waals surface area contributed by atoms with E-state index in [0.717, 1.165) is 19.6 Å². The molecule has 0 bridgehead atoms. The van der Waals surface area contributed by atoms with E-state index in [1.165, 1.54) is 7.11 Å². The lowest BCUT2D eigenvalue weighted by atomic mass is 9.96. The van der Waals surface area contributed by atoms with Gasteiger partial charge in [0, 0.05) is 13.1 Å². The summed E-state index contributed by atoms with van der Waals surface area (Å²) in [5.41, 5.74) is 0. The first-order valence-electron chi connectivity index (χ1n) is 9.43. The van der Waals surface area contributed by atoms with Crippen LogP contribution in [0.1, 0.15) is 12.8 Å². The van der Waals surface area contributed by atoms with E-state index in [2.05, 4.69) is 4.90 Å². The van der Waals surface area contributed by atoms with Crippen LogP contribution in [0.5, 0.6) is 11.5 Å². The van der Waals surface area contributed by atoms with Crippen LogP contribution in [0, 0.1) is 5.92 Å². The van der Waals surface area contributed by atoms with Gasteiger partial charge >= 0.3 is 5.97 Å². The van der Waals surface area contributed by atoms with Crippen LogP contribution in [0.2, 0.25) is 0 Å². The van der Waals surface area contributed by atoms with Crippen LogP contribution in [0.3, 0.4) is 0 Å². The number of Topliss-reactive ketones (excluding diaryl/α,β-unsaturated/α-hetero) is 2. The van der Waals surface area contributed by atoms with Gasteiger partial charge in [0.15, 0.2) is 35.1 Å². The van der Waals surface area contributed by atoms with Crippen LogP contribution in [0.4, 0.5) is 0 Å². The van der Waals surface area contributed by atoms with Gasteiger partial charge in [-0.15, -0.1) is 0 Å². The molecule has 2 atom stereocenters. The quantitative estimate of drug-likeness (QED) is 0.452. The lowest BCUT2D eigenvalue weighted by Crippen LogP contribution is -2.37. The summed E-state index contributed by atoms with van der Waals surface area (Å²) < 4.78 is 21.1. The average molecular weight is 391 g/mol. The fourth-order valence-electron chi connectivity index (χ4n) is 3.35. The van der Waals surface area contributed by atoms with Gasteiger partial charge in [0.2, 0.25) is 0 Å². The molecule has 0 N–H and O–H groups in total. The van der Waals surface area contributed by atoms with Gasteiger partial charge in [-0.2, -0.15) is 0 Å². The maximum Gasteiger partial charge on any atom is 0.325 e. The number of methoxy groups -OCH3 is 1. The van der Waals surface area contributed by atoms with Crippen molar-refractivity contribution in [2.24, 2.45) is 5.92 Å². The van der Waals surface area contributed by atoms with Gasteiger partial charge in [-0.1, -0.05) is 12.1 Å². The second-order valence-electron chi connectivity index (χ2n) is 6.76. The van der Waals surface area contributed by atoms with Gasteiger partial charge in [-0.05, 0) is 31.5 Å². The number of hydrogen-bond donors (Lipinski definition) is 0. The molecule has 0 radical (unpaired) electrons. The Bertz CT molecular complexity index is 714. The van der Waals surface area contributed by atoms with Crippen LogP contribution in [-0.4, -0.2) is 75.1 Å². The molecule has 2 aliphatic rings. The molecule has 2 unspecified atom stereocenters. The van der Waals surface area contributed by atoms with Crippen molar-refractivity contribution in [3.05, 3.63) is 24.3 Å². The summed E-state index contributed by atoms with van der Waals surface area (Å²) in [5.74, 6) is -2.41. The Balaban J connectivity index is 1.48. The van der Waals surface area contributed by atoms with Crippen molar-refractivity contribution < 1.29 is 33.3 Å². The van der Waals surface area contributed by atoms with E-state index in [9.17, 15) is 14.4 Å². The number of nitrogens with zero attached hydrogens (tertiary/aromatic N) is 1. The van der Waals surface area contributed by atoms with Crippen molar-refractivity contribution in [2.45, 2.75) is 18.9 Å². The van der Waals surface area contributed by atoms with Crippen molar-refractivity contribution in [3.8, 4) is 11.5 Å². The topological polar surface area (TPSA) is 91.4 Å². The summed E-state index contributed by atoms with van der Waals surface area (Å²) in [6.45, 7) is 3.55. The van der Waals surface area contributed by atoms with Gasteiger partial charge < -0.3 is 18.9 Å². The monoisotopic (exact) mass is 391 g/mol. The number of hydrogen-bond acceptors (Lipinski definition) is 8. The van der Waals surface area contributed by atoms with Crippen molar-refractivity contribution >= 4 is 17.5 Å². The van der Waals surface area contributed by atoms with E-state index in [0.29, 0.717) is 37.6 Å². The zero-order chi connectivity index (χ0) is 19.9. The van der Waals surface area contributed by atoms with Gasteiger partial charge in [-0.3, -0.25) is 19.3 Å². The molecule has 2 aliphatic heterocycles. The van der Waals surface area contributed by atoms with E-state index in [-0.39, 0.29) is 0 Å². The van der Waals surface area contributed by atoms with E-state index >= 15 is 0 Å². The van der Waals surface area contributed by atoms with Gasteiger partial charge in [-0.25, -0.2) is 0 Å². The Hall–Kier alpha value is -2.45. The average Bonchev–Trinajstić information content (AvgIpc) is 3.00. The van der Waals surface area contributed by atoms with Crippen molar-refractivity contribution in [3.63, 3.8) is 0 Å². The molecule has 3 rings (SSSR count). The first-order valence-corrected chi connectivity index (χ1v) is 9.43. The molecule has 0 aliphatic carbocycles. The summed E-state index contributed by atoms with van der Waals surface area (Å²) in [7, 11) is 1.49. The normalized spacial score (nSPS) is 22.8. The molecule has 28 heavy (non-hydrogen) atoms. The van der Waals surface area contributed by atoms with Gasteiger partial charge in [0.05, 0.1) is 20.3 Å².